The van der Waals surface area contributed by atoms with Gasteiger partial charge in [-0.3, -0.25) is 10.4 Å². The van der Waals surface area contributed by atoms with Gasteiger partial charge in [0.25, 0.3) is 0 Å². The summed E-state index contributed by atoms with van der Waals surface area (Å²) in [4.78, 5) is 10.2. The van der Waals surface area contributed by atoms with Gasteiger partial charge >= 0.3 is 0 Å². The first-order chi connectivity index (χ1) is 9.22. The maximum atomic E-state index is 7.78. The Labute approximate surface area is 120 Å². The minimum atomic E-state index is 0.0861. The number of nitrogens with one attached hydrogen (secondary N) is 1. The van der Waals surface area contributed by atoms with Crippen molar-refractivity contribution in [2.75, 3.05) is 5.75 Å². The highest BCUT2D eigenvalue weighted by molar-refractivity contribution is 8.00. The molecule has 4 nitrogen and oxygen atoms in total. The Bertz CT molecular complexity index is 572. The lowest BCUT2D eigenvalue weighted by Gasteiger charge is -2.11. The molecular formula is C13H14N4S2. The van der Waals surface area contributed by atoms with Crippen molar-refractivity contribution in [1.29, 1.82) is 5.41 Å². The molecule has 6 heteroatoms. The van der Waals surface area contributed by atoms with Crippen molar-refractivity contribution in [3.05, 3.63) is 42.4 Å². The minimum Gasteiger partial charge on any atom is -0.384 e. The van der Waals surface area contributed by atoms with E-state index in [-0.39, 0.29) is 5.84 Å². The molecule has 0 atom stereocenters. The highest BCUT2D eigenvalue weighted by Crippen LogP contribution is 2.34. The molecule has 2 aromatic rings. The topological polar surface area (TPSA) is 75.7 Å². The van der Waals surface area contributed by atoms with E-state index in [1.165, 1.54) is 11.8 Å². The van der Waals surface area contributed by atoms with Gasteiger partial charge in [-0.15, -0.1) is 11.8 Å². The number of nitrogen functional groups attached to an aromatic ring is 1. The number of nitrogens with two attached hydrogens (primary N) is 1. The van der Waals surface area contributed by atoms with Crippen molar-refractivity contribution in [3.63, 3.8) is 0 Å². The summed E-state index contributed by atoms with van der Waals surface area (Å²) < 4.78 is 0. The van der Waals surface area contributed by atoms with Crippen LogP contribution in [-0.2, 0) is 0 Å². The quantitative estimate of drug-likeness (QED) is 0.503. The molecule has 3 N–H and O–H groups in total. The van der Waals surface area contributed by atoms with Crippen molar-refractivity contribution in [2.45, 2.75) is 21.7 Å². The summed E-state index contributed by atoms with van der Waals surface area (Å²) >= 11 is 3.16. The summed E-state index contributed by atoms with van der Waals surface area (Å²) in [5, 5.41) is 8.57. The van der Waals surface area contributed by atoms with Gasteiger partial charge in [-0.1, -0.05) is 24.8 Å². The number of benzene rings is 1. The van der Waals surface area contributed by atoms with Crippen LogP contribution in [0.2, 0.25) is 0 Å². The third kappa shape index (κ3) is 3.48. The van der Waals surface area contributed by atoms with Crippen LogP contribution in [0.3, 0.4) is 0 Å². The van der Waals surface area contributed by atoms with Gasteiger partial charge in [-0.2, -0.15) is 0 Å². The van der Waals surface area contributed by atoms with Crippen LogP contribution in [0, 0.1) is 5.41 Å². The molecule has 0 aliphatic carbocycles. The van der Waals surface area contributed by atoms with E-state index in [4.69, 9.17) is 11.1 Å². The van der Waals surface area contributed by atoms with Crippen molar-refractivity contribution in [2.24, 2.45) is 5.73 Å². The van der Waals surface area contributed by atoms with Crippen molar-refractivity contribution < 1.29 is 0 Å². The zero-order chi connectivity index (χ0) is 13.7. The number of aromatic nitrogens is 2. The van der Waals surface area contributed by atoms with Crippen LogP contribution in [-0.4, -0.2) is 21.6 Å². The number of nitrogens with zero attached hydrogens (tertiary/aromatic N) is 2. The molecule has 0 amide bonds. The van der Waals surface area contributed by atoms with Crippen LogP contribution in [0.5, 0.6) is 0 Å². The summed E-state index contributed by atoms with van der Waals surface area (Å²) in [6.07, 6.45) is 4.99. The first kappa shape index (κ1) is 13.9. The van der Waals surface area contributed by atoms with Crippen LogP contribution in [0.1, 0.15) is 12.5 Å². The second-order valence-corrected chi connectivity index (χ2v) is 5.99. The monoisotopic (exact) mass is 290 g/mol. The fourth-order valence-electron chi connectivity index (χ4n) is 1.59. The van der Waals surface area contributed by atoms with Gasteiger partial charge in [-0.25, -0.2) is 4.98 Å². The fourth-order valence-corrected chi connectivity index (χ4v) is 3.42. The van der Waals surface area contributed by atoms with Gasteiger partial charge in [0.2, 0.25) is 0 Å². The number of hydrogen-bond donors (Lipinski definition) is 2. The molecule has 19 heavy (non-hydrogen) atoms. The van der Waals surface area contributed by atoms with E-state index in [1.807, 2.05) is 18.2 Å². The minimum absolute atomic E-state index is 0.0861. The average molecular weight is 290 g/mol. The van der Waals surface area contributed by atoms with Crippen molar-refractivity contribution >= 4 is 29.4 Å². The molecule has 1 aromatic carbocycles. The zero-order valence-electron chi connectivity index (χ0n) is 10.5. The first-order valence-corrected chi connectivity index (χ1v) is 7.56. The Morgan fingerprint density at radius 3 is 2.74 bits per heavy atom. The Morgan fingerprint density at radius 2 is 2.11 bits per heavy atom. The van der Waals surface area contributed by atoms with Gasteiger partial charge in [0.15, 0.2) is 0 Å². The lowest BCUT2D eigenvalue weighted by Crippen LogP contribution is -2.13. The molecule has 2 rings (SSSR count). The molecule has 0 unspecified atom stereocenters. The van der Waals surface area contributed by atoms with E-state index in [2.05, 4.69) is 16.9 Å². The molecule has 1 heterocycles. The molecule has 0 saturated carbocycles. The molecule has 98 valence electrons. The molecule has 0 fully saturated rings. The van der Waals surface area contributed by atoms with E-state index in [0.717, 1.165) is 26.1 Å². The normalized spacial score (nSPS) is 10.4. The highest BCUT2D eigenvalue weighted by Gasteiger charge is 2.12. The van der Waals surface area contributed by atoms with Gasteiger partial charge in [0.1, 0.15) is 10.9 Å². The zero-order valence-corrected chi connectivity index (χ0v) is 12.1. The van der Waals surface area contributed by atoms with Crippen LogP contribution in [0.25, 0.3) is 0 Å². The molecule has 0 radical (unpaired) electrons. The van der Waals surface area contributed by atoms with E-state index in [1.54, 1.807) is 30.4 Å². The highest BCUT2D eigenvalue weighted by atomic mass is 32.2. The Balaban J connectivity index is 2.39. The third-order valence-corrected chi connectivity index (χ3v) is 4.23. The lowest BCUT2D eigenvalue weighted by atomic mass is 10.2. The van der Waals surface area contributed by atoms with E-state index >= 15 is 0 Å². The van der Waals surface area contributed by atoms with Crippen LogP contribution in [0.15, 0.2) is 51.6 Å². The number of thioether (sulfide) groups is 1. The van der Waals surface area contributed by atoms with Gasteiger partial charge in [0.05, 0.1) is 6.20 Å². The lowest BCUT2D eigenvalue weighted by molar-refractivity contribution is 1.05. The summed E-state index contributed by atoms with van der Waals surface area (Å²) in [5.74, 6) is 1.03. The second kappa shape index (κ2) is 6.58. The van der Waals surface area contributed by atoms with Crippen LogP contribution < -0.4 is 5.73 Å². The summed E-state index contributed by atoms with van der Waals surface area (Å²) in [6, 6.07) is 5.92. The van der Waals surface area contributed by atoms with Crippen molar-refractivity contribution in [3.8, 4) is 0 Å². The Hall–Kier alpha value is -1.53. The van der Waals surface area contributed by atoms with Gasteiger partial charge < -0.3 is 5.73 Å². The maximum absolute atomic E-state index is 7.78. The summed E-state index contributed by atoms with van der Waals surface area (Å²) in [6.45, 7) is 2.08. The Morgan fingerprint density at radius 1 is 1.32 bits per heavy atom. The predicted molar refractivity (Wildman–Crippen MR) is 80.0 cm³/mol. The number of amidine groups is 1. The second-order valence-electron chi connectivity index (χ2n) is 3.62. The molecule has 0 spiro atoms. The summed E-state index contributed by atoms with van der Waals surface area (Å²) in [7, 11) is 0. The van der Waals surface area contributed by atoms with E-state index in [0.29, 0.717) is 0 Å². The smallest absolute Gasteiger partial charge is 0.125 e. The first-order valence-electron chi connectivity index (χ1n) is 5.76. The average Bonchev–Trinajstić information content (AvgIpc) is 2.40. The third-order valence-electron chi connectivity index (χ3n) is 2.31. The number of hydrogen-bond acceptors (Lipinski definition) is 5. The van der Waals surface area contributed by atoms with Crippen LogP contribution in [0.4, 0.5) is 0 Å². The van der Waals surface area contributed by atoms with E-state index in [9.17, 15) is 0 Å². The van der Waals surface area contributed by atoms with Crippen molar-refractivity contribution in [1.82, 2.24) is 9.97 Å². The maximum Gasteiger partial charge on any atom is 0.125 e. The molecule has 0 aliphatic rings. The van der Waals surface area contributed by atoms with E-state index < -0.39 is 0 Å². The largest absolute Gasteiger partial charge is 0.384 e. The number of rotatable bonds is 5. The summed E-state index contributed by atoms with van der Waals surface area (Å²) in [5.41, 5.74) is 6.50. The van der Waals surface area contributed by atoms with Gasteiger partial charge in [-0.05, 0) is 17.9 Å². The Kier molecular flexibility index (Phi) is 4.81. The predicted octanol–water partition coefficient (Wildman–Crippen LogP) is 3.02. The molecule has 0 aliphatic heterocycles. The standard InChI is InChI=1S/C13H14N4S2/c1-2-18-9-4-3-5-10(12(9)13(14)15)19-11-8-16-6-7-17-11/h3-8H,2H2,1H3,(H3,14,15). The molecule has 0 bridgehead atoms. The van der Waals surface area contributed by atoms with Crippen LogP contribution >= 0.6 is 23.5 Å². The SMILES string of the molecule is CCSc1cccc(Sc2cnccn2)c1C(=N)N. The molecule has 0 saturated heterocycles. The molecular weight excluding hydrogens is 276 g/mol. The van der Waals surface area contributed by atoms with Gasteiger partial charge in [0, 0.05) is 27.7 Å². The molecule has 1 aromatic heterocycles. The fraction of sp³-hybridized carbons (Fsp3) is 0.154.